The summed E-state index contributed by atoms with van der Waals surface area (Å²) in [7, 11) is 0. The highest BCUT2D eigenvalue weighted by Crippen LogP contribution is 2.36. The second-order valence-electron chi connectivity index (χ2n) is 6.14. The van der Waals surface area contributed by atoms with E-state index in [4.69, 9.17) is 16.3 Å². The van der Waals surface area contributed by atoms with Gasteiger partial charge in [-0.15, -0.1) is 0 Å². The molecule has 0 amide bonds. The number of imidazole rings is 2. The van der Waals surface area contributed by atoms with Crippen molar-refractivity contribution in [3.05, 3.63) is 77.7 Å². The molecule has 2 heterocycles. The quantitative estimate of drug-likeness (QED) is 0.381. The normalized spacial score (nSPS) is 11.0. The van der Waals surface area contributed by atoms with Crippen LogP contribution >= 0.6 is 23.4 Å². The Hall–Kier alpha value is -2.77. The first-order valence-electron chi connectivity index (χ1n) is 9.03. The third-order valence-corrected chi connectivity index (χ3v) is 5.44. The van der Waals surface area contributed by atoms with E-state index in [1.807, 2.05) is 35.8 Å². The Bertz CT molecular complexity index is 1100. The van der Waals surface area contributed by atoms with Gasteiger partial charge < -0.3 is 9.72 Å². The Morgan fingerprint density at radius 1 is 1.17 bits per heavy atom. The third-order valence-electron chi connectivity index (χ3n) is 4.23. The van der Waals surface area contributed by atoms with Crippen molar-refractivity contribution in [3.8, 4) is 22.7 Å². The highest BCUT2D eigenvalue weighted by Gasteiger charge is 2.18. The van der Waals surface area contributed by atoms with E-state index in [9.17, 15) is 4.39 Å². The number of rotatable bonds is 7. The molecule has 0 aliphatic heterocycles. The van der Waals surface area contributed by atoms with Crippen LogP contribution in [0.25, 0.3) is 16.9 Å². The molecule has 29 heavy (non-hydrogen) atoms. The van der Waals surface area contributed by atoms with E-state index in [0.29, 0.717) is 23.1 Å². The zero-order valence-corrected chi connectivity index (χ0v) is 17.2. The summed E-state index contributed by atoms with van der Waals surface area (Å²) in [6, 6.07) is 12.0. The molecule has 148 valence electrons. The zero-order chi connectivity index (χ0) is 20.2. The lowest BCUT2D eigenvalue weighted by Crippen LogP contribution is -2.02. The fourth-order valence-electron chi connectivity index (χ4n) is 2.96. The number of nitrogens with zero attached hydrogens (tertiary/aromatic N) is 3. The highest BCUT2D eigenvalue weighted by atomic mass is 35.5. The van der Waals surface area contributed by atoms with Crippen molar-refractivity contribution < 1.29 is 9.13 Å². The molecule has 2 aromatic heterocycles. The lowest BCUT2D eigenvalue weighted by Gasteiger charge is -2.15. The first-order valence-corrected chi connectivity index (χ1v) is 10.4. The van der Waals surface area contributed by atoms with Crippen LogP contribution in [0.15, 0.2) is 66.2 Å². The maximum absolute atomic E-state index is 13.8. The predicted octanol–water partition coefficient (Wildman–Crippen LogP) is 5.75. The molecule has 0 spiro atoms. The smallest absolute Gasteiger partial charge is 0.173 e. The minimum absolute atomic E-state index is 0.345. The number of aromatic amines is 1. The number of nitrogens with one attached hydrogen (secondary N) is 1. The SMILES string of the molecule is CCOc1cc(F)ccc1-c1cnc(SCc2ncc[nH]2)n1-c1ccc(Cl)cc1. The molecule has 0 saturated carbocycles. The van der Waals surface area contributed by atoms with Gasteiger partial charge in [0.15, 0.2) is 5.16 Å². The van der Waals surface area contributed by atoms with Gasteiger partial charge >= 0.3 is 0 Å². The van der Waals surface area contributed by atoms with Gasteiger partial charge in [-0.25, -0.2) is 14.4 Å². The van der Waals surface area contributed by atoms with Gasteiger partial charge in [-0.05, 0) is 43.3 Å². The van der Waals surface area contributed by atoms with Crippen LogP contribution in [0.2, 0.25) is 5.02 Å². The van der Waals surface area contributed by atoms with Crippen molar-refractivity contribution in [2.45, 2.75) is 17.8 Å². The standard InChI is InChI=1S/C21H18ClFN4OS/c1-2-28-19-11-15(23)5-8-17(19)18-12-26-21(29-13-20-24-9-10-25-20)27(18)16-6-3-14(22)4-7-16/h3-12H,2,13H2,1H3,(H,24,25). The molecule has 5 nitrogen and oxygen atoms in total. The van der Waals surface area contributed by atoms with Crippen molar-refractivity contribution in [2.24, 2.45) is 0 Å². The molecular weight excluding hydrogens is 411 g/mol. The van der Waals surface area contributed by atoms with Crippen molar-refractivity contribution >= 4 is 23.4 Å². The summed E-state index contributed by atoms with van der Waals surface area (Å²) < 4.78 is 21.5. The summed E-state index contributed by atoms with van der Waals surface area (Å²) >= 11 is 7.63. The summed E-state index contributed by atoms with van der Waals surface area (Å²) in [5.41, 5.74) is 2.47. The zero-order valence-electron chi connectivity index (χ0n) is 15.6. The summed E-state index contributed by atoms with van der Waals surface area (Å²) in [6.45, 7) is 2.31. The summed E-state index contributed by atoms with van der Waals surface area (Å²) in [5, 5.41) is 1.43. The second kappa shape index (κ2) is 8.71. The Balaban J connectivity index is 1.81. The van der Waals surface area contributed by atoms with Crippen LogP contribution in [0.5, 0.6) is 5.75 Å². The van der Waals surface area contributed by atoms with E-state index in [0.717, 1.165) is 27.9 Å². The van der Waals surface area contributed by atoms with Crippen LogP contribution in [-0.4, -0.2) is 26.1 Å². The van der Waals surface area contributed by atoms with Crippen LogP contribution in [0, 0.1) is 5.82 Å². The first-order chi connectivity index (χ1) is 14.2. The van der Waals surface area contributed by atoms with E-state index in [-0.39, 0.29) is 5.82 Å². The molecule has 2 aromatic carbocycles. The van der Waals surface area contributed by atoms with Gasteiger partial charge in [-0.1, -0.05) is 23.4 Å². The number of ether oxygens (including phenoxy) is 1. The minimum atomic E-state index is -0.345. The number of aromatic nitrogens is 4. The molecule has 8 heteroatoms. The molecular formula is C21H18ClFN4OS. The summed E-state index contributed by atoms with van der Waals surface area (Å²) in [6.07, 6.45) is 5.29. The summed E-state index contributed by atoms with van der Waals surface area (Å²) in [4.78, 5) is 12.0. The number of hydrogen-bond donors (Lipinski definition) is 1. The van der Waals surface area contributed by atoms with Crippen molar-refractivity contribution in [1.29, 1.82) is 0 Å². The largest absolute Gasteiger partial charge is 0.493 e. The number of halogens is 2. The van der Waals surface area contributed by atoms with Gasteiger partial charge in [0.25, 0.3) is 0 Å². The average Bonchev–Trinajstić information content (AvgIpc) is 3.37. The molecule has 4 rings (SSSR count). The molecule has 0 unspecified atom stereocenters. The number of H-pyrrole nitrogens is 1. The molecule has 0 aliphatic rings. The van der Waals surface area contributed by atoms with Crippen LogP contribution in [0.4, 0.5) is 4.39 Å². The van der Waals surface area contributed by atoms with Crippen LogP contribution in [-0.2, 0) is 5.75 Å². The Kier molecular flexibility index (Phi) is 5.87. The first kappa shape index (κ1) is 19.5. The van der Waals surface area contributed by atoms with Crippen molar-refractivity contribution in [1.82, 2.24) is 19.5 Å². The fraction of sp³-hybridized carbons (Fsp3) is 0.143. The molecule has 0 saturated heterocycles. The van der Waals surface area contributed by atoms with Gasteiger partial charge in [0.05, 0.1) is 24.3 Å². The third kappa shape index (κ3) is 4.31. The topological polar surface area (TPSA) is 55.7 Å². The lowest BCUT2D eigenvalue weighted by molar-refractivity contribution is 0.339. The summed E-state index contributed by atoms with van der Waals surface area (Å²) in [5.74, 6) is 1.63. The molecule has 1 N–H and O–H groups in total. The molecule has 4 aromatic rings. The lowest BCUT2D eigenvalue weighted by atomic mass is 10.1. The fourth-order valence-corrected chi connectivity index (χ4v) is 3.97. The minimum Gasteiger partial charge on any atom is -0.493 e. The molecule has 0 atom stereocenters. The van der Waals surface area contributed by atoms with Crippen molar-refractivity contribution in [3.63, 3.8) is 0 Å². The molecule has 0 radical (unpaired) electrons. The van der Waals surface area contributed by atoms with E-state index in [1.165, 1.54) is 12.1 Å². The van der Waals surface area contributed by atoms with Gasteiger partial charge in [-0.3, -0.25) is 4.57 Å². The number of benzene rings is 2. The second-order valence-corrected chi connectivity index (χ2v) is 7.51. The number of hydrogen-bond acceptors (Lipinski definition) is 4. The van der Waals surface area contributed by atoms with E-state index < -0.39 is 0 Å². The van der Waals surface area contributed by atoms with E-state index in [2.05, 4.69) is 15.0 Å². The Morgan fingerprint density at radius 2 is 2.00 bits per heavy atom. The van der Waals surface area contributed by atoms with Crippen molar-refractivity contribution in [2.75, 3.05) is 6.61 Å². The average molecular weight is 429 g/mol. The highest BCUT2D eigenvalue weighted by molar-refractivity contribution is 7.98. The monoisotopic (exact) mass is 428 g/mol. The molecule has 0 bridgehead atoms. The van der Waals surface area contributed by atoms with Crippen LogP contribution in [0.1, 0.15) is 12.7 Å². The van der Waals surface area contributed by atoms with Gasteiger partial charge in [0.1, 0.15) is 17.4 Å². The molecule has 0 aliphatic carbocycles. The maximum atomic E-state index is 13.8. The van der Waals surface area contributed by atoms with Gasteiger partial charge in [0, 0.05) is 34.7 Å². The Labute approximate surface area is 176 Å². The number of thioether (sulfide) groups is 1. The Morgan fingerprint density at radius 3 is 2.72 bits per heavy atom. The van der Waals surface area contributed by atoms with Gasteiger partial charge in [0.2, 0.25) is 0 Å². The van der Waals surface area contributed by atoms with E-state index in [1.54, 1.807) is 36.4 Å². The predicted molar refractivity (Wildman–Crippen MR) is 113 cm³/mol. The van der Waals surface area contributed by atoms with Gasteiger partial charge in [-0.2, -0.15) is 0 Å². The molecule has 0 fully saturated rings. The van der Waals surface area contributed by atoms with Crippen LogP contribution in [0.3, 0.4) is 0 Å². The van der Waals surface area contributed by atoms with E-state index >= 15 is 0 Å². The van der Waals surface area contributed by atoms with Crippen LogP contribution < -0.4 is 4.74 Å². The maximum Gasteiger partial charge on any atom is 0.173 e.